The van der Waals surface area contributed by atoms with Gasteiger partial charge in [-0.1, -0.05) is 13.8 Å². The first kappa shape index (κ1) is 20.0. The van der Waals surface area contributed by atoms with E-state index in [1.54, 1.807) is 14.2 Å². The molecule has 0 unspecified atom stereocenters. The summed E-state index contributed by atoms with van der Waals surface area (Å²) in [6, 6.07) is 3.08. The Hall–Kier alpha value is -2.28. The number of carboxylic acid groups (broad SMARTS) is 1. The Labute approximate surface area is 154 Å². The highest BCUT2D eigenvalue weighted by Crippen LogP contribution is 2.33. The third-order valence-corrected chi connectivity index (χ3v) is 4.50. The first-order valence-corrected chi connectivity index (χ1v) is 8.82. The van der Waals surface area contributed by atoms with Gasteiger partial charge in [0.25, 0.3) is 0 Å². The van der Waals surface area contributed by atoms with Crippen LogP contribution in [0.15, 0.2) is 12.1 Å². The zero-order valence-corrected chi connectivity index (χ0v) is 15.9. The normalized spacial score (nSPS) is 15.3. The average Bonchev–Trinajstić information content (AvgIpc) is 2.59. The molecule has 1 aliphatic rings. The molecule has 1 atom stereocenters. The van der Waals surface area contributed by atoms with E-state index in [-0.39, 0.29) is 18.4 Å². The number of carbonyl (C=O) groups is 2. The largest absolute Gasteiger partial charge is 0.493 e. The monoisotopic (exact) mass is 364 g/mol. The zero-order valence-electron chi connectivity index (χ0n) is 15.9. The maximum absolute atomic E-state index is 12.3. The van der Waals surface area contributed by atoms with Crippen molar-refractivity contribution >= 4 is 11.9 Å². The predicted octanol–water partition coefficient (Wildman–Crippen LogP) is 1.68. The molecular weight excluding hydrogens is 336 g/mol. The molecule has 0 aliphatic carbocycles. The number of ether oxygens (including phenoxy) is 2. The molecule has 144 valence electrons. The van der Waals surface area contributed by atoms with Crippen LogP contribution in [0.5, 0.6) is 11.5 Å². The van der Waals surface area contributed by atoms with Crippen molar-refractivity contribution in [3.05, 3.63) is 23.3 Å². The van der Waals surface area contributed by atoms with E-state index in [1.807, 2.05) is 30.9 Å². The van der Waals surface area contributed by atoms with Gasteiger partial charge in [0, 0.05) is 13.1 Å². The van der Waals surface area contributed by atoms with Crippen molar-refractivity contribution in [1.82, 2.24) is 10.2 Å². The molecule has 0 fully saturated rings. The third kappa shape index (κ3) is 5.11. The Bertz CT molecular complexity index is 660. The molecule has 1 aromatic rings. The van der Waals surface area contributed by atoms with Gasteiger partial charge in [-0.2, -0.15) is 0 Å². The number of hydrogen-bond donors (Lipinski definition) is 2. The summed E-state index contributed by atoms with van der Waals surface area (Å²) in [5.41, 5.74) is 2.28. The molecule has 1 amide bonds. The van der Waals surface area contributed by atoms with E-state index in [2.05, 4.69) is 5.32 Å². The van der Waals surface area contributed by atoms with Gasteiger partial charge in [0.1, 0.15) is 6.04 Å². The molecule has 7 nitrogen and oxygen atoms in total. The molecule has 1 heterocycles. The van der Waals surface area contributed by atoms with Crippen molar-refractivity contribution in [1.29, 1.82) is 0 Å². The van der Waals surface area contributed by atoms with E-state index < -0.39 is 12.0 Å². The summed E-state index contributed by atoms with van der Waals surface area (Å²) in [6.45, 7) is 5.40. The topological polar surface area (TPSA) is 88.1 Å². The lowest BCUT2D eigenvalue weighted by atomic mass is 9.98. The van der Waals surface area contributed by atoms with Gasteiger partial charge in [0.15, 0.2) is 11.5 Å². The van der Waals surface area contributed by atoms with Gasteiger partial charge in [0.2, 0.25) is 5.91 Å². The number of nitrogens with one attached hydrogen (secondary N) is 1. The highest BCUT2D eigenvalue weighted by atomic mass is 16.5. The van der Waals surface area contributed by atoms with Gasteiger partial charge in [-0.3, -0.25) is 9.69 Å². The van der Waals surface area contributed by atoms with Crippen LogP contribution in [0.3, 0.4) is 0 Å². The first-order valence-electron chi connectivity index (χ1n) is 8.82. The number of methoxy groups -OCH3 is 2. The van der Waals surface area contributed by atoms with E-state index in [9.17, 15) is 14.7 Å². The van der Waals surface area contributed by atoms with E-state index in [0.29, 0.717) is 24.5 Å². The Morgan fingerprint density at radius 2 is 1.81 bits per heavy atom. The first-order chi connectivity index (χ1) is 12.3. The lowest BCUT2D eigenvalue weighted by Gasteiger charge is -2.29. The molecule has 0 bridgehead atoms. The summed E-state index contributed by atoms with van der Waals surface area (Å²) in [6.07, 6.45) is 1.22. The Balaban J connectivity index is 2.00. The van der Waals surface area contributed by atoms with Crippen molar-refractivity contribution in [3.63, 3.8) is 0 Å². The van der Waals surface area contributed by atoms with Crippen LogP contribution in [-0.4, -0.2) is 55.2 Å². The lowest BCUT2D eigenvalue weighted by Crippen LogP contribution is -2.47. The highest BCUT2D eigenvalue weighted by molar-refractivity contribution is 5.84. The number of carbonyl (C=O) groups excluding carboxylic acids is 1. The number of aliphatic carboxylic acids is 1. The molecule has 26 heavy (non-hydrogen) atoms. The van der Waals surface area contributed by atoms with Crippen LogP contribution in [0.1, 0.15) is 31.4 Å². The second kappa shape index (κ2) is 8.89. The van der Waals surface area contributed by atoms with Crippen molar-refractivity contribution in [2.75, 3.05) is 27.3 Å². The molecule has 0 spiro atoms. The summed E-state index contributed by atoms with van der Waals surface area (Å²) in [5, 5.41) is 11.9. The van der Waals surface area contributed by atoms with Crippen LogP contribution < -0.4 is 14.8 Å². The third-order valence-electron chi connectivity index (χ3n) is 4.50. The van der Waals surface area contributed by atoms with E-state index in [1.165, 1.54) is 5.56 Å². The molecule has 1 aliphatic heterocycles. The van der Waals surface area contributed by atoms with Crippen molar-refractivity contribution in [2.24, 2.45) is 5.92 Å². The predicted molar refractivity (Wildman–Crippen MR) is 97.5 cm³/mol. The van der Waals surface area contributed by atoms with E-state index >= 15 is 0 Å². The Morgan fingerprint density at radius 1 is 1.19 bits per heavy atom. The van der Waals surface area contributed by atoms with Gasteiger partial charge in [-0.25, -0.2) is 4.79 Å². The van der Waals surface area contributed by atoms with Gasteiger partial charge in [-0.15, -0.1) is 0 Å². The summed E-state index contributed by atoms with van der Waals surface area (Å²) >= 11 is 0. The quantitative estimate of drug-likeness (QED) is 0.730. The van der Waals surface area contributed by atoms with Gasteiger partial charge >= 0.3 is 5.97 Å². The van der Waals surface area contributed by atoms with Crippen LogP contribution in [-0.2, 0) is 22.6 Å². The number of carboxylic acids is 1. The summed E-state index contributed by atoms with van der Waals surface area (Å²) in [7, 11) is 3.21. The fourth-order valence-electron chi connectivity index (χ4n) is 3.21. The maximum Gasteiger partial charge on any atom is 0.326 e. The minimum absolute atomic E-state index is 0.176. The molecule has 0 saturated carbocycles. The molecule has 2 N–H and O–H groups in total. The van der Waals surface area contributed by atoms with Gasteiger partial charge < -0.3 is 19.9 Å². The van der Waals surface area contributed by atoms with Crippen LogP contribution in [0.2, 0.25) is 0 Å². The highest BCUT2D eigenvalue weighted by Gasteiger charge is 2.24. The molecule has 2 rings (SSSR count). The number of nitrogens with zero attached hydrogens (tertiary/aromatic N) is 1. The number of rotatable bonds is 8. The minimum atomic E-state index is -0.993. The molecule has 0 radical (unpaired) electrons. The SMILES string of the molecule is COc1cc2c(cc1OC)CN(CC(=O)N[C@@H](CC(C)C)C(=O)O)CC2. The maximum atomic E-state index is 12.3. The molecular formula is C19H28N2O5. The number of benzene rings is 1. The van der Waals surface area contributed by atoms with Crippen molar-refractivity contribution in [2.45, 2.75) is 39.3 Å². The number of fused-ring (bicyclic) bond motifs is 1. The molecule has 1 aromatic carbocycles. The second-order valence-corrected chi connectivity index (χ2v) is 7.02. The second-order valence-electron chi connectivity index (χ2n) is 7.02. The lowest BCUT2D eigenvalue weighted by molar-refractivity contribution is -0.142. The number of amides is 1. The Kier molecular flexibility index (Phi) is 6.85. The molecule has 0 saturated heterocycles. The van der Waals surface area contributed by atoms with Gasteiger partial charge in [-0.05, 0) is 42.0 Å². The smallest absolute Gasteiger partial charge is 0.326 e. The summed E-state index contributed by atoms with van der Waals surface area (Å²) in [5.74, 6) is 0.311. The van der Waals surface area contributed by atoms with Crippen LogP contribution >= 0.6 is 0 Å². The van der Waals surface area contributed by atoms with Crippen LogP contribution in [0.4, 0.5) is 0 Å². The standard InChI is InChI=1S/C19H28N2O5/c1-12(2)7-15(19(23)24)20-18(22)11-21-6-5-13-8-16(25-3)17(26-4)9-14(13)10-21/h8-9,12,15H,5-7,10-11H2,1-4H3,(H,20,22)(H,23,24)/t15-/m0/s1. The van der Waals surface area contributed by atoms with Crippen LogP contribution in [0, 0.1) is 5.92 Å². The summed E-state index contributed by atoms with van der Waals surface area (Å²) in [4.78, 5) is 25.6. The Morgan fingerprint density at radius 3 is 2.35 bits per heavy atom. The zero-order chi connectivity index (χ0) is 19.3. The van der Waals surface area contributed by atoms with E-state index in [0.717, 1.165) is 18.5 Å². The summed E-state index contributed by atoms with van der Waals surface area (Å²) < 4.78 is 10.7. The molecule has 7 heteroatoms. The van der Waals surface area contributed by atoms with Crippen molar-refractivity contribution < 1.29 is 24.2 Å². The molecule has 0 aromatic heterocycles. The van der Waals surface area contributed by atoms with Crippen LogP contribution in [0.25, 0.3) is 0 Å². The number of hydrogen-bond acceptors (Lipinski definition) is 5. The minimum Gasteiger partial charge on any atom is -0.493 e. The fraction of sp³-hybridized carbons (Fsp3) is 0.579. The average molecular weight is 364 g/mol. The van der Waals surface area contributed by atoms with Crippen molar-refractivity contribution in [3.8, 4) is 11.5 Å². The van der Waals surface area contributed by atoms with E-state index in [4.69, 9.17) is 9.47 Å². The fourth-order valence-corrected chi connectivity index (χ4v) is 3.21. The van der Waals surface area contributed by atoms with Gasteiger partial charge in [0.05, 0.1) is 20.8 Å².